The summed E-state index contributed by atoms with van der Waals surface area (Å²) in [6.45, 7) is 2.41. The van der Waals surface area contributed by atoms with Crippen LogP contribution in [0.25, 0.3) is 11.0 Å². The summed E-state index contributed by atoms with van der Waals surface area (Å²) in [5.74, 6) is 0.159. The van der Waals surface area contributed by atoms with Crippen LogP contribution in [0.4, 0.5) is 4.39 Å². The molecule has 1 saturated heterocycles. The third-order valence-corrected chi connectivity index (χ3v) is 4.41. The zero-order valence-electron chi connectivity index (χ0n) is 13.1. The average molecular weight is 320 g/mol. The van der Waals surface area contributed by atoms with Crippen LogP contribution < -0.4 is 10.5 Å². The smallest absolute Gasteiger partial charge is 0.213 e. The Morgan fingerprint density at radius 2 is 2.26 bits per heavy atom. The molecule has 0 bridgehead atoms. The molecule has 23 heavy (non-hydrogen) atoms. The molecule has 0 spiro atoms. The largest absolute Gasteiger partial charge is 0.481 e. The Morgan fingerprint density at radius 1 is 1.43 bits per heavy atom. The van der Waals surface area contributed by atoms with E-state index in [1.54, 1.807) is 12.1 Å². The quantitative estimate of drug-likeness (QED) is 0.838. The second-order valence-electron chi connectivity index (χ2n) is 5.88. The molecule has 124 valence electrons. The van der Waals surface area contributed by atoms with Gasteiger partial charge in [-0.2, -0.15) is 0 Å². The number of ether oxygens (including phenoxy) is 1. The van der Waals surface area contributed by atoms with E-state index in [2.05, 4.69) is 14.9 Å². The summed E-state index contributed by atoms with van der Waals surface area (Å²) < 4.78 is 19.3. The van der Waals surface area contributed by atoms with E-state index in [9.17, 15) is 9.50 Å². The number of fused-ring (bicyclic) bond motifs is 1. The highest BCUT2D eigenvalue weighted by molar-refractivity contribution is 5.78. The number of aromatic nitrogens is 2. The van der Waals surface area contributed by atoms with Crippen molar-refractivity contribution in [2.75, 3.05) is 33.3 Å². The number of likely N-dealkylation sites (tertiary alicyclic amines) is 1. The zero-order chi connectivity index (χ0) is 16.4. The van der Waals surface area contributed by atoms with Gasteiger partial charge in [-0.15, -0.1) is 0 Å². The number of aliphatic hydroxyl groups excluding tert-OH is 1. The molecule has 2 atom stereocenters. The molecule has 2 aromatic heterocycles. The summed E-state index contributed by atoms with van der Waals surface area (Å²) in [5.41, 5.74) is 7.34. The van der Waals surface area contributed by atoms with E-state index in [0.717, 1.165) is 6.54 Å². The topological polar surface area (TPSA) is 84.5 Å². The van der Waals surface area contributed by atoms with Crippen molar-refractivity contribution >= 4 is 11.0 Å². The van der Waals surface area contributed by atoms with Gasteiger partial charge >= 0.3 is 0 Å². The number of pyridine rings is 2. The first-order valence-electron chi connectivity index (χ1n) is 7.71. The highest BCUT2D eigenvalue weighted by Gasteiger charge is 2.30. The maximum Gasteiger partial charge on any atom is 0.213 e. The van der Waals surface area contributed by atoms with Crippen molar-refractivity contribution < 1.29 is 14.2 Å². The zero-order valence-corrected chi connectivity index (χ0v) is 13.1. The standard InChI is InChI=1S/C16H21FN4O2/c1-23-15-3-2-13-16(20-15)11(12(17)7-19-13)4-5-21-8-10(6-18)14(22)9-21/h2-3,7,10,14,22H,4-6,8-9,18H2,1H3/t10-,14-/m0/s1. The summed E-state index contributed by atoms with van der Waals surface area (Å²) >= 11 is 0. The first-order chi connectivity index (χ1) is 11.1. The fourth-order valence-corrected chi connectivity index (χ4v) is 3.05. The number of hydrogen-bond donors (Lipinski definition) is 2. The number of methoxy groups -OCH3 is 1. The molecule has 1 fully saturated rings. The van der Waals surface area contributed by atoms with Crippen LogP contribution >= 0.6 is 0 Å². The van der Waals surface area contributed by atoms with Gasteiger partial charge in [0.2, 0.25) is 5.88 Å². The molecule has 0 radical (unpaired) electrons. The molecule has 0 aliphatic carbocycles. The number of β-amino-alcohol motifs (C(OH)–C–C–N with tert-alkyl or cyclic N) is 1. The summed E-state index contributed by atoms with van der Waals surface area (Å²) in [6.07, 6.45) is 1.32. The summed E-state index contributed by atoms with van der Waals surface area (Å²) in [6, 6.07) is 3.48. The molecule has 2 aromatic rings. The van der Waals surface area contributed by atoms with Crippen molar-refractivity contribution in [1.29, 1.82) is 0 Å². The molecule has 1 aliphatic rings. The van der Waals surface area contributed by atoms with Gasteiger partial charge < -0.3 is 20.5 Å². The lowest BCUT2D eigenvalue weighted by molar-refractivity contribution is 0.144. The predicted octanol–water partition coefficient (Wildman–Crippen LogP) is 0.571. The van der Waals surface area contributed by atoms with E-state index < -0.39 is 6.10 Å². The summed E-state index contributed by atoms with van der Waals surface area (Å²) in [7, 11) is 1.53. The maximum atomic E-state index is 14.2. The lowest BCUT2D eigenvalue weighted by Crippen LogP contribution is -2.26. The molecule has 3 heterocycles. The first kappa shape index (κ1) is 16.0. The van der Waals surface area contributed by atoms with Gasteiger partial charge in [-0.25, -0.2) is 9.37 Å². The number of rotatable bonds is 5. The van der Waals surface area contributed by atoms with Crippen molar-refractivity contribution in [3.05, 3.63) is 29.7 Å². The van der Waals surface area contributed by atoms with E-state index in [1.807, 2.05) is 0 Å². The number of aliphatic hydroxyl groups is 1. The molecule has 0 aromatic carbocycles. The predicted molar refractivity (Wildman–Crippen MR) is 84.7 cm³/mol. The van der Waals surface area contributed by atoms with Crippen LogP contribution in [0, 0.1) is 11.7 Å². The molecule has 0 saturated carbocycles. The minimum atomic E-state index is -0.405. The lowest BCUT2D eigenvalue weighted by Gasteiger charge is -2.16. The third kappa shape index (κ3) is 3.26. The van der Waals surface area contributed by atoms with Crippen molar-refractivity contribution in [3.8, 4) is 5.88 Å². The molecule has 0 amide bonds. The van der Waals surface area contributed by atoms with Gasteiger partial charge in [0.15, 0.2) is 0 Å². The summed E-state index contributed by atoms with van der Waals surface area (Å²) in [5, 5.41) is 9.92. The average Bonchev–Trinajstić information content (AvgIpc) is 2.93. The minimum absolute atomic E-state index is 0.0900. The van der Waals surface area contributed by atoms with Crippen LogP contribution in [-0.4, -0.2) is 59.4 Å². The molecule has 7 heteroatoms. The van der Waals surface area contributed by atoms with Gasteiger partial charge in [0, 0.05) is 37.2 Å². The van der Waals surface area contributed by atoms with E-state index in [1.165, 1.54) is 13.3 Å². The number of nitrogens with zero attached hydrogens (tertiary/aromatic N) is 3. The van der Waals surface area contributed by atoms with E-state index >= 15 is 0 Å². The number of halogens is 1. The van der Waals surface area contributed by atoms with E-state index in [4.69, 9.17) is 10.5 Å². The highest BCUT2D eigenvalue weighted by atomic mass is 19.1. The Morgan fingerprint density at radius 3 is 2.96 bits per heavy atom. The van der Waals surface area contributed by atoms with Crippen molar-refractivity contribution in [3.63, 3.8) is 0 Å². The van der Waals surface area contributed by atoms with Crippen molar-refractivity contribution in [2.45, 2.75) is 12.5 Å². The van der Waals surface area contributed by atoms with Gasteiger partial charge in [0.25, 0.3) is 0 Å². The molecule has 3 N–H and O–H groups in total. The Kier molecular flexibility index (Phi) is 4.70. The van der Waals surface area contributed by atoms with Gasteiger partial charge in [-0.3, -0.25) is 4.98 Å². The second-order valence-corrected chi connectivity index (χ2v) is 5.88. The minimum Gasteiger partial charge on any atom is -0.481 e. The normalized spacial score (nSPS) is 21.9. The van der Waals surface area contributed by atoms with E-state index in [-0.39, 0.29) is 11.7 Å². The second kappa shape index (κ2) is 6.74. The Bertz CT molecular complexity index is 697. The van der Waals surface area contributed by atoms with Gasteiger partial charge in [-0.1, -0.05) is 0 Å². The monoisotopic (exact) mass is 320 g/mol. The fraction of sp³-hybridized carbons (Fsp3) is 0.500. The lowest BCUT2D eigenvalue weighted by atomic mass is 10.1. The molecular weight excluding hydrogens is 299 g/mol. The van der Waals surface area contributed by atoms with Crippen LogP contribution in [0.2, 0.25) is 0 Å². The third-order valence-electron chi connectivity index (χ3n) is 4.41. The number of nitrogens with two attached hydrogens (primary N) is 1. The Hall–Kier alpha value is -1.83. The van der Waals surface area contributed by atoms with Gasteiger partial charge in [0.05, 0.1) is 30.4 Å². The van der Waals surface area contributed by atoms with Gasteiger partial charge in [-0.05, 0) is 19.0 Å². The Labute approximate surface area is 134 Å². The Balaban J connectivity index is 1.81. The van der Waals surface area contributed by atoms with Crippen LogP contribution in [0.3, 0.4) is 0 Å². The van der Waals surface area contributed by atoms with Crippen molar-refractivity contribution in [1.82, 2.24) is 14.9 Å². The summed E-state index contributed by atoms with van der Waals surface area (Å²) in [4.78, 5) is 10.5. The van der Waals surface area contributed by atoms with E-state index in [0.29, 0.717) is 48.5 Å². The fourth-order valence-electron chi connectivity index (χ4n) is 3.05. The SMILES string of the molecule is COc1ccc2ncc(F)c(CCN3C[C@H](CN)[C@@H](O)C3)c2n1. The molecule has 3 rings (SSSR count). The van der Waals surface area contributed by atoms with Crippen LogP contribution in [0.1, 0.15) is 5.56 Å². The van der Waals surface area contributed by atoms with Crippen LogP contribution in [-0.2, 0) is 6.42 Å². The molecule has 0 unspecified atom stereocenters. The van der Waals surface area contributed by atoms with Crippen LogP contribution in [0.5, 0.6) is 5.88 Å². The molecule has 6 nitrogen and oxygen atoms in total. The highest BCUT2D eigenvalue weighted by Crippen LogP contribution is 2.23. The first-order valence-corrected chi connectivity index (χ1v) is 7.71. The number of hydrogen-bond acceptors (Lipinski definition) is 6. The van der Waals surface area contributed by atoms with Gasteiger partial charge in [0.1, 0.15) is 5.82 Å². The molecular formula is C16H21FN4O2. The van der Waals surface area contributed by atoms with Crippen molar-refractivity contribution in [2.24, 2.45) is 11.7 Å². The maximum absolute atomic E-state index is 14.2. The molecule has 1 aliphatic heterocycles. The van der Waals surface area contributed by atoms with Crippen LogP contribution in [0.15, 0.2) is 18.3 Å².